The first-order valence-corrected chi connectivity index (χ1v) is 15.0. The fraction of sp³-hybridized carbons (Fsp3) is 0.778. The molecule has 1 aromatic rings. The van der Waals surface area contributed by atoms with Crippen LogP contribution in [0.25, 0.3) is 0 Å². The molecule has 2 saturated heterocycles. The van der Waals surface area contributed by atoms with E-state index in [1.54, 1.807) is 11.1 Å². The Morgan fingerprint density at radius 1 is 0.806 bits per heavy atom. The minimum atomic E-state index is -0.349. The van der Waals surface area contributed by atoms with E-state index in [2.05, 4.69) is 93.5 Å². The highest BCUT2D eigenvalue weighted by Gasteiger charge is 2.56. The van der Waals surface area contributed by atoms with Crippen molar-refractivity contribution in [1.82, 2.24) is 0 Å². The SMILES string of the molecule is CC(C)(C)P(Cc1ccccc1CP1C(C)(C)CC2(CC1(C)C)OCCO2)C(C)(C)C. The van der Waals surface area contributed by atoms with Crippen LogP contribution in [0.3, 0.4) is 0 Å². The third kappa shape index (κ3) is 5.74. The van der Waals surface area contributed by atoms with Gasteiger partial charge in [0.2, 0.25) is 0 Å². The molecule has 0 amide bonds. The molecule has 1 aromatic carbocycles. The lowest BCUT2D eigenvalue weighted by atomic mass is 9.91. The second-order valence-electron chi connectivity index (χ2n) is 12.9. The van der Waals surface area contributed by atoms with Crippen molar-refractivity contribution in [1.29, 1.82) is 0 Å². The lowest BCUT2D eigenvalue weighted by Gasteiger charge is -2.55. The Labute approximate surface area is 194 Å². The van der Waals surface area contributed by atoms with Gasteiger partial charge in [-0.1, -0.05) is 109 Å². The summed E-state index contributed by atoms with van der Waals surface area (Å²) in [6, 6.07) is 9.32. The molecule has 0 saturated carbocycles. The van der Waals surface area contributed by atoms with Crippen molar-refractivity contribution >= 4 is 15.8 Å². The van der Waals surface area contributed by atoms with Crippen LogP contribution in [0.2, 0.25) is 0 Å². The Kier molecular flexibility index (Phi) is 7.15. The van der Waals surface area contributed by atoms with Crippen molar-refractivity contribution in [3.05, 3.63) is 35.4 Å². The maximum Gasteiger partial charge on any atom is 0.170 e. The first kappa shape index (κ1) is 25.6. The summed E-state index contributed by atoms with van der Waals surface area (Å²) in [5, 5.41) is 1.15. The van der Waals surface area contributed by atoms with E-state index in [1.807, 2.05) is 0 Å². The first-order valence-electron chi connectivity index (χ1n) is 12.0. The lowest BCUT2D eigenvalue weighted by molar-refractivity contribution is -0.178. The number of hydrogen-bond donors (Lipinski definition) is 0. The van der Waals surface area contributed by atoms with E-state index in [9.17, 15) is 0 Å². The minimum Gasteiger partial charge on any atom is -0.347 e. The van der Waals surface area contributed by atoms with Crippen molar-refractivity contribution in [2.24, 2.45) is 0 Å². The largest absolute Gasteiger partial charge is 0.347 e. The van der Waals surface area contributed by atoms with Crippen molar-refractivity contribution in [2.75, 3.05) is 13.2 Å². The normalized spacial score (nSPS) is 23.6. The van der Waals surface area contributed by atoms with Gasteiger partial charge in [-0.15, -0.1) is 0 Å². The Morgan fingerprint density at radius 3 is 1.71 bits per heavy atom. The highest BCUT2D eigenvalue weighted by Crippen LogP contribution is 2.70. The van der Waals surface area contributed by atoms with Crippen LogP contribution in [0.1, 0.15) is 93.2 Å². The minimum absolute atomic E-state index is 0.151. The van der Waals surface area contributed by atoms with Gasteiger partial charge >= 0.3 is 0 Å². The van der Waals surface area contributed by atoms with Crippen molar-refractivity contribution in [3.8, 4) is 0 Å². The summed E-state index contributed by atoms with van der Waals surface area (Å²) < 4.78 is 12.4. The second-order valence-corrected chi connectivity index (χ2v) is 20.3. The molecule has 4 heteroatoms. The molecule has 2 fully saturated rings. The molecule has 0 aromatic heterocycles. The second kappa shape index (κ2) is 8.65. The van der Waals surface area contributed by atoms with E-state index < -0.39 is 0 Å². The molecule has 2 aliphatic heterocycles. The predicted molar refractivity (Wildman–Crippen MR) is 139 cm³/mol. The summed E-state index contributed by atoms with van der Waals surface area (Å²) in [6.45, 7) is 26.0. The molecular formula is C27H46O2P2. The van der Waals surface area contributed by atoms with Crippen molar-refractivity contribution in [2.45, 2.75) is 121 Å². The van der Waals surface area contributed by atoms with Crippen molar-refractivity contribution in [3.63, 3.8) is 0 Å². The van der Waals surface area contributed by atoms with Crippen LogP contribution in [0.5, 0.6) is 0 Å². The summed E-state index contributed by atoms with van der Waals surface area (Å²) in [4.78, 5) is 0. The van der Waals surface area contributed by atoms with Gasteiger partial charge in [-0.25, -0.2) is 0 Å². The molecule has 0 bridgehead atoms. The molecule has 0 N–H and O–H groups in total. The summed E-state index contributed by atoms with van der Waals surface area (Å²) in [6.07, 6.45) is 4.47. The number of benzene rings is 1. The molecular weight excluding hydrogens is 418 g/mol. The molecule has 3 rings (SSSR count). The monoisotopic (exact) mass is 464 g/mol. The zero-order chi connectivity index (χ0) is 23.3. The Hall–Kier alpha value is -0.0000000000000000416. The smallest absolute Gasteiger partial charge is 0.170 e. The van der Waals surface area contributed by atoms with Gasteiger partial charge in [0.25, 0.3) is 0 Å². The number of rotatable bonds is 4. The number of ether oxygens (including phenoxy) is 2. The van der Waals surface area contributed by atoms with Gasteiger partial charge in [-0.3, -0.25) is 0 Å². The predicted octanol–water partition coefficient (Wildman–Crippen LogP) is 8.34. The molecule has 31 heavy (non-hydrogen) atoms. The van der Waals surface area contributed by atoms with E-state index in [4.69, 9.17) is 9.47 Å². The van der Waals surface area contributed by atoms with E-state index in [-0.39, 0.29) is 31.9 Å². The van der Waals surface area contributed by atoms with Gasteiger partial charge in [0, 0.05) is 12.8 Å². The van der Waals surface area contributed by atoms with E-state index in [1.165, 1.54) is 12.3 Å². The quantitative estimate of drug-likeness (QED) is 0.417. The van der Waals surface area contributed by atoms with Crippen molar-refractivity contribution < 1.29 is 9.47 Å². The van der Waals surface area contributed by atoms with Gasteiger partial charge in [-0.05, 0) is 44.1 Å². The molecule has 2 nitrogen and oxygen atoms in total. The lowest BCUT2D eigenvalue weighted by Crippen LogP contribution is -2.50. The van der Waals surface area contributed by atoms with Crippen LogP contribution < -0.4 is 0 Å². The van der Waals surface area contributed by atoms with Crippen LogP contribution in [-0.4, -0.2) is 39.6 Å². The maximum atomic E-state index is 6.19. The van der Waals surface area contributed by atoms with E-state index in [0.717, 1.165) is 26.1 Å². The fourth-order valence-electron chi connectivity index (χ4n) is 6.21. The average molecular weight is 465 g/mol. The highest BCUT2D eigenvalue weighted by atomic mass is 31.1. The van der Waals surface area contributed by atoms with Gasteiger partial charge in [0.1, 0.15) is 0 Å². The van der Waals surface area contributed by atoms with Crippen LogP contribution in [0, 0.1) is 0 Å². The van der Waals surface area contributed by atoms with Crippen LogP contribution in [0.4, 0.5) is 0 Å². The summed E-state index contributed by atoms with van der Waals surface area (Å²) in [5.41, 5.74) is 3.17. The molecule has 1 spiro atoms. The summed E-state index contributed by atoms with van der Waals surface area (Å²) in [7, 11) is -0.378. The molecule has 0 aliphatic carbocycles. The van der Waals surface area contributed by atoms with Gasteiger partial charge in [-0.2, -0.15) is 0 Å². The molecule has 0 unspecified atom stereocenters. The highest BCUT2D eigenvalue weighted by molar-refractivity contribution is 7.60. The third-order valence-corrected chi connectivity index (χ3v) is 14.9. The zero-order valence-electron chi connectivity index (χ0n) is 21.8. The Bertz CT molecular complexity index is 730. The standard InChI is InChI=1S/C27H46O2P2/c1-23(2,3)30(24(4,5)6)17-21-13-11-12-14-22(21)18-31-25(7,8)19-27(20-26(31,9)10)28-15-16-29-27/h11-14H,15-20H2,1-10H3. The Morgan fingerprint density at radius 2 is 1.26 bits per heavy atom. The molecule has 2 aliphatic rings. The summed E-state index contributed by atoms with van der Waals surface area (Å²) >= 11 is 0. The third-order valence-electron chi connectivity index (χ3n) is 7.07. The van der Waals surface area contributed by atoms with Crippen LogP contribution >= 0.6 is 15.8 Å². The van der Waals surface area contributed by atoms with Crippen LogP contribution in [-0.2, 0) is 21.8 Å². The van der Waals surface area contributed by atoms with Gasteiger partial charge < -0.3 is 9.47 Å². The topological polar surface area (TPSA) is 18.5 Å². The maximum absolute atomic E-state index is 6.19. The van der Waals surface area contributed by atoms with E-state index in [0.29, 0.717) is 10.3 Å². The Balaban J connectivity index is 1.89. The molecule has 176 valence electrons. The molecule has 2 heterocycles. The van der Waals surface area contributed by atoms with E-state index >= 15 is 0 Å². The molecule has 0 atom stereocenters. The van der Waals surface area contributed by atoms with Crippen LogP contribution in [0.15, 0.2) is 24.3 Å². The fourth-order valence-corrected chi connectivity index (χ4v) is 13.8. The zero-order valence-corrected chi connectivity index (χ0v) is 23.6. The first-order chi connectivity index (χ1) is 14.1. The van der Waals surface area contributed by atoms with Gasteiger partial charge in [0.05, 0.1) is 13.2 Å². The van der Waals surface area contributed by atoms with Gasteiger partial charge in [0.15, 0.2) is 5.79 Å². The summed E-state index contributed by atoms with van der Waals surface area (Å²) in [5.74, 6) is -0.349. The number of hydrogen-bond acceptors (Lipinski definition) is 2. The molecule has 0 radical (unpaired) electrons. The average Bonchev–Trinajstić information content (AvgIpc) is 3.01.